The van der Waals surface area contributed by atoms with Gasteiger partial charge in [-0.15, -0.1) is 0 Å². The minimum absolute atomic E-state index is 0.108. The molecule has 1 saturated heterocycles. The van der Waals surface area contributed by atoms with Gasteiger partial charge in [-0.25, -0.2) is 4.39 Å². The highest BCUT2D eigenvalue weighted by Gasteiger charge is 2.29. The molecule has 2 rings (SSSR count). The third-order valence-corrected chi connectivity index (χ3v) is 3.97. The van der Waals surface area contributed by atoms with Gasteiger partial charge in [-0.3, -0.25) is 9.59 Å². The van der Waals surface area contributed by atoms with Crippen LogP contribution in [0.4, 0.5) is 4.39 Å². The standard InChI is InChI=1S/C17H22FNO4/c1-3-23-17(21)13-5-4-8-19(11-13)16(20)10-12-6-7-15(22-2)14(18)9-12/h6-7,9,13H,3-5,8,10-11H2,1-2H3. The van der Waals surface area contributed by atoms with Gasteiger partial charge in [0, 0.05) is 13.1 Å². The number of hydrogen-bond acceptors (Lipinski definition) is 4. The Morgan fingerprint density at radius 1 is 1.39 bits per heavy atom. The summed E-state index contributed by atoms with van der Waals surface area (Å²) in [6, 6.07) is 4.49. The van der Waals surface area contributed by atoms with Gasteiger partial charge in [0.15, 0.2) is 11.6 Å². The van der Waals surface area contributed by atoms with Crippen molar-refractivity contribution in [3.8, 4) is 5.75 Å². The van der Waals surface area contributed by atoms with E-state index in [4.69, 9.17) is 9.47 Å². The molecule has 6 heteroatoms. The van der Waals surface area contributed by atoms with Crippen LogP contribution in [0.25, 0.3) is 0 Å². The molecular weight excluding hydrogens is 301 g/mol. The van der Waals surface area contributed by atoms with Crippen molar-refractivity contribution in [1.29, 1.82) is 0 Å². The number of rotatable bonds is 5. The number of halogens is 1. The van der Waals surface area contributed by atoms with Crippen LogP contribution in [-0.4, -0.2) is 43.6 Å². The zero-order valence-corrected chi connectivity index (χ0v) is 13.5. The minimum Gasteiger partial charge on any atom is -0.494 e. The Balaban J connectivity index is 1.97. The summed E-state index contributed by atoms with van der Waals surface area (Å²) in [4.78, 5) is 25.9. The van der Waals surface area contributed by atoms with Gasteiger partial charge in [-0.05, 0) is 37.5 Å². The van der Waals surface area contributed by atoms with Gasteiger partial charge in [-0.2, -0.15) is 0 Å². The van der Waals surface area contributed by atoms with Crippen LogP contribution in [0.1, 0.15) is 25.3 Å². The lowest BCUT2D eigenvalue weighted by Gasteiger charge is -2.31. The van der Waals surface area contributed by atoms with E-state index in [1.165, 1.54) is 19.2 Å². The summed E-state index contributed by atoms with van der Waals surface area (Å²) in [5, 5.41) is 0. The van der Waals surface area contributed by atoms with Crippen molar-refractivity contribution in [3.05, 3.63) is 29.6 Å². The number of benzene rings is 1. The van der Waals surface area contributed by atoms with Gasteiger partial charge in [-0.1, -0.05) is 6.07 Å². The van der Waals surface area contributed by atoms with Crippen LogP contribution in [0.2, 0.25) is 0 Å². The van der Waals surface area contributed by atoms with Crippen LogP contribution < -0.4 is 4.74 Å². The average Bonchev–Trinajstić information content (AvgIpc) is 2.55. The van der Waals surface area contributed by atoms with E-state index in [0.29, 0.717) is 25.3 Å². The molecule has 126 valence electrons. The summed E-state index contributed by atoms with van der Waals surface area (Å²) in [5.74, 6) is -0.952. The molecule has 1 aliphatic heterocycles. The normalized spacial score (nSPS) is 17.7. The summed E-state index contributed by atoms with van der Waals surface area (Å²) >= 11 is 0. The van der Waals surface area contributed by atoms with Crippen LogP contribution >= 0.6 is 0 Å². The monoisotopic (exact) mass is 323 g/mol. The zero-order chi connectivity index (χ0) is 16.8. The molecule has 0 spiro atoms. The van der Waals surface area contributed by atoms with E-state index in [1.807, 2.05) is 0 Å². The molecule has 0 radical (unpaired) electrons. The van der Waals surface area contributed by atoms with Crippen LogP contribution in [0.5, 0.6) is 5.75 Å². The Hall–Kier alpha value is -2.11. The summed E-state index contributed by atoms with van der Waals surface area (Å²) in [6.07, 6.45) is 1.61. The number of nitrogens with zero attached hydrogens (tertiary/aromatic N) is 1. The summed E-state index contributed by atoms with van der Waals surface area (Å²) in [5.41, 5.74) is 0.589. The molecular formula is C17H22FNO4. The molecule has 5 nitrogen and oxygen atoms in total. The number of amides is 1. The number of esters is 1. The molecule has 1 amide bonds. The maximum absolute atomic E-state index is 13.7. The molecule has 1 heterocycles. The number of piperidine rings is 1. The Labute approximate surface area is 135 Å². The number of likely N-dealkylation sites (tertiary alicyclic amines) is 1. The van der Waals surface area contributed by atoms with E-state index >= 15 is 0 Å². The van der Waals surface area contributed by atoms with Crippen molar-refractivity contribution in [2.45, 2.75) is 26.2 Å². The number of ether oxygens (including phenoxy) is 2. The quantitative estimate of drug-likeness (QED) is 0.780. The Kier molecular flexibility index (Phi) is 5.96. The predicted octanol–water partition coefficient (Wildman–Crippen LogP) is 2.18. The van der Waals surface area contributed by atoms with Gasteiger partial charge < -0.3 is 14.4 Å². The molecule has 23 heavy (non-hydrogen) atoms. The molecule has 1 aromatic carbocycles. The van der Waals surface area contributed by atoms with E-state index in [2.05, 4.69) is 0 Å². The van der Waals surface area contributed by atoms with Crippen LogP contribution in [0.15, 0.2) is 18.2 Å². The fraction of sp³-hybridized carbons (Fsp3) is 0.529. The van der Waals surface area contributed by atoms with Crippen molar-refractivity contribution in [2.75, 3.05) is 26.8 Å². The maximum Gasteiger partial charge on any atom is 0.310 e. The Bertz CT molecular complexity index is 576. The zero-order valence-electron chi connectivity index (χ0n) is 13.5. The largest absolute Gasteiger partial charge is 0.494 e. The first-order valence-corrected chi connectivity index (χ1v) is 7.82. The first-order chi connectivity index (χ1) is 11.0. The lowest BCUT2D eigenvalue weighted by atomic mass is 9.97. The number of methoxy groups -OCH3 is 1. The fourth-order valence-corrected chi connectivity index (χ4v) is 2.76. The SMILES string of the molecule is CCOC(=O)C1CCCN(C(=O)Cc2ccc(OC)c(F)c2)C1. The highest BCUT2D eigenvalue weighted by molar-refractivity contribution is 5.80. The van der Waals surface area contributed by atoms with Gasteiger partial charge in [0.1, 0.15) is 0 Å². The molecule has 0 aliphatic carbocycles. The van der Waals surface area contributed by atoms with E-state index in [9.17, 15) is 14.0 Å². The van der Waals surface area contributed by atoms with Crippen LogP contribution in [0, 0.1) is 11.7 Å². The number of carbonyl (C=O) groups excluding carboxylic acids is 2. The van der Waals surface area contributed by atoms with E-state index in [1.54, 1.807) is 17.9 Å². The summed E-state index contributed by atoms with van der Waals surface area (Å²) in [6.45, 7) is 3.10. The van der Waals surface area contributed by atoms with Gasteiger partial charge in [0.2, 0.25) is 5.91 Å². The highest BCUT2D eigenvalue weighted by Crippen LogP contribution is 2.21. The van der Waals surface area contributed by atoms with Crippen LogP contribution in [0.3, 0.4) is 0 Å². The van der Waals surface area contributed by atoms with Crippen molar-refractivity contribution < 1.29 is 23.5 Å². The second-order valence-electron chi connectivity index (χ2n) is 5.58. The van der Waals surface area contributed by atoms with E-state index in [-0.39, 0.29) is 30.0 Å². The van der Waals surface area contributed by atoms with Crippen molar-refractivity contribution >= 4 is 11.9 Å². The molecule has 1 unspecified atom stereocenters. The first-order valence-electron chi connectivity index (χ1n) is 7.82. The molecule has 1 aliphatic rings. The maximum atomic E-state index is 13.7. The lowest BCUT2D eigenvalue weighted by molar-refractivity contribution is -0.151. The molecule has 0 bridgehead atoms. The second kappa shape index (κ2) is 7.94. The predicted molar refractivity (Wildman–Crippen MR) is 82.6 cm³/mol. The molecule has 1 atom stereocenters. The smallest absolute Gasteiger partial charge is 0.310 e. The van der Waals surface area contributed by atoms with Crippen molar-refractivity contribution in [2.24, 2.45) is 5.92 Å². The van der Waals surface area contributed by atoms with Crippen molar-refractivity contribution in [1.82, 2.24) is 4.90 Å². The number of hydrogen-bond donors (Lipinski definition) is 0. The Morgan fingerprint density at radius 2 is 2.17 bits per heavy atom. The van der Waals surface area contributed by atoms with Gasteiger partial charge in [0.25, 0.3) is 0 Å². The lowest BCUT2D eigenvalue weighted by Crippen LogP contribution is -2.43. The van der Waals surface area contributed by atoms with Crippen LogP contribution in [-0.2, 0) is 20.7 Å². The first kappa shape index (κ1) is 17.2. The van der Waals surface area contributed by atoms with E-state index in [0.717, 1.165) is 12.8 Å². The molecule has 0 aromatic heterocycles. The van der Waals surface area contributed by atoms with Gasteiger partial charge in [0.05, 0.1) is 26.1 Å². The van der Waals surface area contributed by atoms with Gasteiger partial charge >= 0.3 is 5.97 Å². The van der Waals surface area contributed by atoms with E-state index < -0.39 is 5.82 Å². The molecule has 0 N–H and O–H groups in total. The third kappa shape index (κ3) is 4.43. The molecule has 0 saturated carbocycles. The average molecular weight is 323 g/mol. The second-order valence-corrected chi connectivity index (χ2v) is 5.58. The third-order valence-electron chi connectivity index (χ3n) is 3.97. The Morgan fingerprint density at radius 3 is 2.83 bits per heavy atom. The topological polar surface area (TPSA) is 55.8 Å². The number of carbonyl (C=O) groups is 2. The summed E-state index contributed by atoms with van der Waals surface area (Å²) < 4.78 is 23.6. The highest BCUT2D eigenvalue weighted by atomic mass is 19.1. The summed E-state index contributed by atoms with van der Waals surface area (Å²) in [7, 11) is 1.40. The van der Waals surface area contributed by atoms with Crippen molar-refractivity contribution in [3.63, 3.8) is 0 Å². The minimum atomic E-state index is -0.485. The molecule has 1 fully saturated rings. The fourth-order valence-electron chi connectivity index (χ4n) is 2.76. The molecule has 1 aromatic rings.